The Labute approximate surface area is 276 Å². The van der Waals surface area contributed by atoms with Gasteiger partial charge in [0.15, 0.2) is 0 Å². The largest absolute Gasteiger partial charge is 0.379 e. The van der Waals surface area contributed by atoms with Crippen LogP contribution in [0.4, 0.5) is 17.3 Å². The van der Waals surface area contributed by atoms with Crippen molar-refractivity contribution < 1.29 is 14.3 Å². The van der Waals surface area contributed by atoms with Crippen LogP contribution in [0.3, 0.4) is 0 Å². The fraction of sp³-hybridized carbons (Fsp3) is 0.222. The summed E-state index contributed by atoms with van der Waals surface area (Å²) in [7, 11) is 0. The molecule has 0 atom stereocenters. The predicted molar refractivity (Wildman–Crippen MR) is 186 cm³/mol. The SMILES string of the molecule is O=C(C=CC(=O)Nc1cc2c(Nc3cc4nn(Cc5ccccc5)cc4c4ccccc34)ncnc2cn1)NCCCN1CCOCC1. The molecule has 0 bridgehead atoms. The van der Waals surface area contributed by atoms with Crippen LogP contribution in [0.1, 0.15) is 12.0 Å². The second-order valence-corrected chi connectivity index (χ2v) is 11.6. The third-order valence-corrected chi connectivity index (χ3v) is 8.23. The van der Waals surface area contributed by atoms with E-state index in [1.54, 1.807) is 12.3 Å². The number of hydrogen-bond acceptors (Lipinski definition) is 9. The Morgan fingerprint density at radius 2 is 1.62 bits per heavy atom. The molecule has 12 nitrogen and oxygen atoms in total. The van der Waals surface area contributed by atoms with Crippen LogP contribution in [0.25, 0.3) is 32.6 Å². The molecule has 48 heavy (non-hydrogen) atoms. The van der Waals surface area contributed by atoms with Crippen molar-refractivity contribution >= 4 is 61.7 Å². The standard InChI is InChI=1S/C36H35N9O3/c46-34(37-13-6-14-44-15-17-48-18-16-44)11-12-35(47)42-33-19-28-32(21-38-33)39-24-40-36(28)41-30-20-31-29(26-9-4-5-10-27(26)30)23-45(43-31)22-25-7-2-1-3-8-25/h1-5,7-12,19-21,23-24H,6,13-18,22H2,(H,37,46)(H,38,42,47)(H,39,40,41). The molecule has 3 aromatic heterocycles. The topological polar surface area (TPSA) is 139 Å². The minimum atomic E-state index is -0.473. The number of morpholine rings is 1. The second kappa shape index (κ2) is 14.4. The van der Waals surface area contributed by atoms with Gasteiger partial charge >= 0.3 is 0 Å². The summed E-state index contributed by atoms with van der Waals surface area (Å²) in [4.78, 5) is 40.5. The van der Waals surface area contributed by atoms with Crippen LogP contribution in [0.15, 0.2) is 97.6 Å². The smallest absolute Gasteiger partial charge is 0.249 e. The zero-order valence-electron chi connectivity index (χ0n) is 26.3. The number of nitrogens with zero attached hydrogens (tertiary/aromatic N) is 6. The number of nitrogens with one attached hydrogen (secondary N) is 3. The highest BCUT2D eigenvalue weighted by Crippen LogP contribution is 2.34. The summed E-state index contributed by atoms with van der Waals surface area (Å²) in [6, 6.07) is 22.2. The molecule has 0 aliphatic carbocycles. The van der Waals surface area contributed by atoms with Crippen LogP contribution < -0.4 is 16.0 Å². The van der Waals surface area contributed by atoms with Gasteiger partial charge in [0.05, 0.1) is 37.0 Å². The highest BCUT2D eigenvalue weighted by Gasteiger charge is 2.14. The fourth-order valence-corrected chi connectivity index (χ4v) is 5.84. The number of pyridine rings is 1. The van der Waals surface area contributed by atoms with Crippen molar-refractivity contribution in [1.82, 2.24) is 34.9 Å². The molecule has 7 rings (SSSR count). The van der Waals surface area contributed by atoms with Gasteiger partial charge in [0.1, 0.15) is 18.0 Å². The van der Waals surface area contributed by atoms with Crippen molar-refractivity contribution in [3.8, 4) is 0 Å². The Morgan fingerprint density at radius 1 is 0.833 bits per heavy atom. The first-order valence-corrected chi connectivity index (χ1v) is 16.0. The number of hydrogen-bond donors (Lipinski definition) is 3. The minimum Gasteiger partial charge on any atom is -0.379 e. The predicted octanol–water partition coefficient (Wildman–Crippen LogP) is 4.65. The van der Waals surface area contributed by atoms with Gasteiger partial charge in [0, 0.05) is 59.8 Å². The number of ether oxygens (including phenoxy) is 1. The van der Waals surface area contributed by atoms with Crippen molar-refractivity contribution in [2.45, 2.75) is 13.0 Å². The Balaban J connectivity index is 1.05. The summed E-state index contributed by atoms with van der Waals surface area (Å²) >= 11 is 0. The Kier molecular flexibility index (Phi) is 9.25. The van der Waals surface area contributed by atoms with Gasteiger partial charge in [-0.2, -0.15) is 5.10 Å². The Morgan fingerprint density at radius 3 is 2.48 bits per heavy atom. The Hall–Kier alpha value is -5.72. The van der Waals surface area contributed by atoms with Crippen LogP contribution in [0, 0.1) is 0 Å². The first kappa shape index (κ1) is 30.9. The van der Waals surface area contributed by atoms with Crippen molar-refractivity contribution in [2.24, 2.45) is 0 Å². The lowest BCUT2D eigenvalue weighted by atomic mass is 10.0. The zero-order valence-corrected chi connectivity index (χ0v) is 26.3. The summed E-state index contributed by atoms with van der Waals surface area (Å²) in [6.07, 6.45) is 8.38. The molecule has 3 N–H and O–H groups in total. The minimum absolute atomic E-state index is 0.306. The maximum atomic E-state index is 12.7. The van der Waals surface area contributed by atoms with E-state index in [0.717, 1.165) is 66.6 Å². The van der Waals surface area contributed by atoms with Crippen LogP contribution in [0.2, 0.25) is 0 Å². The van der Waals surface area contributed by atoms with Gasteiger partial charge in [-0.3, -0.25) is 19.2 Å². The number of aromatic nitrogens is 5. The van der Waals surface area contributed by atoms with E-state index in [4.69, 9.17) is 9.84 Å². The number of rotatable bonds is 11. The van der Waals surface area contributed by atoms with E-state index in [2.05, 4.69) is 66.3 Å². The monoisotopic (exact) mass is 641 g/mol. The van der Waals surface area contributed by atoms with Crippen LogP contribution in [-0.4, -0.2) is 80.8 Å². The van der Waals surface area contributed by atoms with E-state index >= 15 is 0 Å². The van der Waals surface area contributed by atoms with Crippen LogP contribution in [-0.2, 0) is 20.9 Å². The van der Waals surface area contributed by atoms with Crippen LogP contribution in [0.5, 0.6) is 0 Å². The molecule has 1 aliphatic rings. The molecule has 1 saturated heterocycles. The van der Waals surface area contributed by atoms with E-state index in [1.807, 2.05) is 41.1 Å². The highest BCUT2D eigenvalue weighted by molar-refractivity contribution is 6.13. The molecular formula is C36H35N9O3. The van der Waals surface area contributed by atoms with E-state index in [1.165, 1.54) is 24.0 Å². The average Bonchev–Trinajstić information content (AvgIpc) is 3.53. The second-order valence-electron chi connectivity index (χ2n) is 11.6. The molecule has 12 heteroatoms. The molecule has 6 aromatic rings. The molecule has 3 aromatic carbocycles. The van der Waals surface area contributed by atoms with E-state index in [9.17, 15) is 9.59 Å². The summed E-state index contributed by atoms with van der Waals surface area (Å²) in [5, 5.41) is 17.7. The van der Waals surface area contributed by atoms with Gasteiger partial charge < -0.3 is 20.7 Å². The number of carbonyl (C=O) groups is 2. The third kappa shape index (κ3) is 7.30. The van der Waals surface area contributed by atoms with Gasteiger partial charge in [-0.05, 0) is 36.0 Å². The van der Waals surface area contributed by atoms with Gasteiger partial charge in [-0.1, -0.05) is 54.6 Å². The number of anilines is 3. The lowest BCUT2D eigenvalue weighted by molar-refractivity contribution is -0.117. The molecule has 4 heterocycles. The number of benzene rings is 3. The van der Waals surface area contributed by atoms with Crippen molar-refractivity contribution in [2.75, 3.05) is 50.0 Å². The Bertz CT molecular complexity index is 2110. The molecule has 0 radical (unpaired) electrons. The highest BCUT2D eigenvalue weighted by atomic mass is 16.5. The molecular weight excluding hydrogens is 606 g/mol. The van der Waals surface area contributed by atoms with Crippen LogP contribution >= 0.6 is 0 Å². The molecule has 0 saturated carbocycles. The zero-order chi connectivity index (χ0) is 32.7. The van der Waals surface area contributed by atoms with Crippen molar-refractivity contribution in [3.63, 3.8) is 0 Å². The number of amides is 2. The first-order valence-electron chi connectivity index (χ1n) is 16.0. The molecule has 2 amide bonds. The lowest BCUT2D eigenvalue weighted by Crippen LogP contribution is -2.38. The maximum absolute atomic E-state index is 12.7. The molecule has 1 fully saturated rings. The first-order chi connectivity index (χ1) is 23.6. The van der Waals surface area contributed by atoms with Gasteiger partial charge in [0.2, 0.25) is 11.8 Å². The average molecular weight is 642 g/mol. The van der Waals surface area contributed by atoms with Gasteiger partial charge in [-0.25, -0.2) is 15.0 Å². The molecule has 0 unspecified atom stereocenters. The molecule has 0 spiro atoms. The summed E-state index contributed by atoms with van der Waals surface area (Å²) < 4.78 is 7.32. The summed E-state index contributed by atoms with van der Waals surface area (Å²) in [5.74, 6) is 0.0609. The summed E-state index contributed by atoms with van der Waals surface area (Å²) in [6.45, 7) is 5.41. The third-order valence-electron chi connectivity index (χ3n) is 8.23. The number of carbonyl (C=O) groups excluding carboxylic acids is 2. The fourth-order valence-electron chi connectivity index (χ4n) is 5.84. The van der Waals surface area contributed by atoms with Crippen molar-refractivity contribution in [1.29, 1.82) is 0 Å². The van der Waals surface area contributed by atoms with Gasteiger partial charge in [-0.15, -0.1) is 0 Å². The maximum Gasteiger partial charge on any atom is 0.249 e. The quantitative estimate of drug-likeness (QED) is 0.136. The molecule has 1 aliphatic heterocycles. The normalized spacial score (nSPS) is 13.8. The molecule has 242 valence electrons. The van der Waals surface area contributed by atoms with Gasteiger partial charge in [0.25, 0.3) is 0 Å². The van der Waals surface area contributed by atoms with E-state index in [-0.39, 0.29) is 5.91 Å². The van der Waals surface area contributed by atoms with Crippen molar-refractivity contribution in [3.05, 3.63) is 103 Å². The number of fused-ring (bicyclic) bond motifs is 4. The van der Waals surface area contributed by atoms with E-state index in [0.29, 0.717) is 35.6 Å². The van der Waals surface area contributed by atoms with E-state index < -0.39 is 5.91 Å². The summed E-state index contributed by atoms with van der Waals surface area (Å²) in [5.41, 5.74) is 3.47. The lowest BCUT2D eigenvalue weighted by Gasteiger charge is -2.26.